The van der Waals surface area contributed by atoms with Crippen LogP contribution in [0.5, 0.6) is 5.75 Å². The molecule has 35 heavy (non-hydrogen) atoms. The number of rotatable bonds is 6. The van der Waals surface area contributed by atoms with Gasteiger partial charge in [-0.05, 0) is 0 Å². The van der Waals surface area contributed by atoms with E-state index in [0.29, 0.717) is 22.5 Å². The predicted molar refractivity (Wildman–Crippen MR) is 134 cm³/mol. The second-order valence-corrected chi connectivity index (χ2v) is 11.4. The summed E-state index contributed by atoms with van der Waals surface area (Å²) in [5, 5.41) is 10.3. The molecular weight excluding hydrogens is 513 g/mol. The first kappa shape index (κ1) is 23.6. The van der Waals surface area contributed by atoms with Crippen LogP contribution in [0.25, 0.3) is 10.9 Å². The molecule has 1 fully saturated rings. The molecule has 1 unspecified atom stereocenters. The number of hydrogen-bond donors (Lipinski definition) is 2. The third kappa shape index (κ3) is 5.14. The Balaban J connectivity index is 1.54. The van der Waals surface area contributed by atoms with Gasteiger partial charge in [0.2, 0.25) is 0 Å². The number of hydrogen-bond acceptors (Lipinski definition) is 5. The Morgan fingerprint density at radius 3 is 2.71 bits per heavy atom. The van der Waals surface area contributed by atoms with Crippen molar-refractivity contribution in [2.24, 2.45) is 0 Å². The van der Waals surface area contributed by atoms with Gasteiger partial charge in [-0.3, -0.25) is 0 Å². The number of nitrogens with zero attached hydrogens (tertiary/aromatic N) is 2. The Bertz CT molecular complexity index is 1440. The molecule has 2 aromatic heterocycles. The van der Waals surface area contributed by atoms with E-state index in [4.69, 9.17) is 4.74 Å². The van der Waals surface area contributed by atoms with Crippen LogP contribution in [-0.2, 0) is 6.42 Å². The van der Waals surface area contributed by atoms with Crippen LogP contribution in [0.4, 0.5) is 8.78 Å². The third-order valence-corrected chi connectivity index (χ3v) is 9.19. The van der Waals surface area contributed by atoms with Gasteiger partial charge in [-0.2, -0.15) is 0 Å². The molecule has 1 saturated heterocycles. The zero-order valence-electron chi connectivity index (χ0n) is 19.2. The molecule has 4 aromatic rings. The van der Waals surface area contributed by atoms with Crippen molar-refractivity contribution >= 4 is 35.4 Å². The Morgan fingerprint density at radius 2 is 1.91 bits per heavy atom. The summed E-state index contributed by atoms with van der Waals surface area (Å²) in [5.74, 6) is 0.314. The van der Waals surface area contributed by atoms with Crippen molar-refractivity contribution in [3.63, 3.8) is 0 Å². The van der Waals surface area contributed by atoms with Crippen LogP contribution >= 0.6 is 0 Å². The van der Waals surface area contributed by atoms with Crippen LogP contribution in [0.1, 0.15) is 35.6 Å². The van der Waals surface area contributed by atoms with E-state index in [1.54, 1.807) is 7.11 Å². The quantitative estimate of drug-likeness (QED) is 0.368. The molecule has 0 amide bonds. The normalized spacial score (nSPS) is 14.7. The number of halogens is 2. The molecule has 2 N–H and O–H groups in total. The van der Waals surface area contributed by atoms with Crippen molar-refractivity contribution in [1.82, 2.24) is 20.5 Å². The van der Waals surface area contributed by atoms with Crippen LogP contribution in [0.2, 0.25) is 0 Å². The molecule has 0 radical (unpaired) electrons. The van der Waals surface area contributed by atoms with E-state index in [1.807, 2.05) is 6.07 Å². The zero-order valence-corrected chi connectivity index (χ0v) is 21.3. The fraction of sp³-hybridized carbons (Fsp3) is 0.269. The molecule has 0 saturated carbocycles. The number of pyridine rings is 1. The Hall–Kier alpha value is -3.09. The number of piperidine rings is 1. The van der Waals surface area contributed by atoms with Gasteiger partial charge >= 0.3 is 208 Å². The average molecular weight is 538 g/mol. The van der Waals surface area contributed by atoms with E-state index < -0.39 is 27.4 Å². The van der Waals surface area contributed by atoms with Crippen LogP contribution in [0, 0.1) is 11.6 Å². The van der Waals surface area contributed by atoms with E-state index >= 15 is 0 Å². The molecule has 0 bridgehead atoms. The summed E-state index contributed by atoms with van der Waals surface area (Å²) in [4.78, 5) is 17.2. The van der Waals surface area contributed by atoms with Crippen molar-refractivity contribution in [2.75, 3.05) is 20.2 Å². The number of aromatic amines is 1. The van der Waals surface area contributed by atoms with Crippen LogP contribution in [-0.4, -0.2) is 51.1 Å². The molecule has 3 heterocycles. The molecule has 2 aromatic carbocycles. The standard InChI is InChI=1S/C26H25AsF2N4O2/c1-35-24-12-16(15-6-8-30-9-7-15)2-4-20(24)27-21-13-19(11-17-10-18(28)3-5-22(17)29)32-23-14-31-33-26(34)25(21)23/h2-5,10,12-15,27,30H,6-9,11H2,1H3,(H,33,34). The molecule has 1 aliphatic rings. The number of ether oxygens (including phenoxy) is 1. The average Bonchev–Trinajstić information content (AvgIpc) is 2.87. The van der Waals surface area contributed by atoms with Gasteiger partial charge in [0, 0.05) is 0 Å². The maximum atomic E-state index is 14.3. The van der Waals surface area contributed by atoms with Gasteiger partial charge in [0.25, 0.3) is 0 Å². The first-order valence-corrected chi connectivity index (χ1v) is 13.6. The summed E-state index contributed by atoms with van der Waals surface area (Å²) in [7, 11) is 1.66. The first-order chi connectivity index (χ1) is 17.0. The second-order valence-electron chi connectivity index (χ2n) is 8.64. The van der Waals surface area contributed by atoms with Crippen molar-refractivity contribution in [1.29, 1.82) is 0 Å². The third-order valence-electron chi connectivity index (χ3n) is 6.37. The molecular formula is C26H25AsF2N4O2. The summed E-state index contributed by atoms with van der Waals surface area (Å²) in [6.45, 7) is 2.02. The van der Waals surface area contributed by atoms with Gasteiger partial charge in [0.1, 0.15) is 0 Å². The predicted octanol–water partition coefficient (Wildman–Crippen LogP) is 2.05. The number of methoxy groups -OCH3 is 1. The number of fused-ring (bicyclic) bond motifs is 1. The molecule has 1 atom stereocenters. The fourth-order valence-corrected chi connectivity index (χ4v) is 7.44. The summed E-state index contributed by atoms with van der Waals surface area (Å²) in [6, 6.07) is 11.6. The van der Waals surface area contributed by atoms with Gasteiger partial charge in [0.15, 0.2) is 0 Å². The molecule has 0 spiro atoms. The van der Waals surface area contributed by atoms with E-state index in [2.05, 4.69) is 38.7 Å². The summed E-state index contributed by atoms with van der Waals surface area (Å²) >= 11 is -1.02. The van der Waals surface area contributed by atoms with Crippen molar-refractivity contribution in [3.05, 3.63) is 87.5 Å². The van der Waals surface area contributed by atoms with Gasteiger partial charge in [-0.15, -0.1) is 0 Å². The van der Waals surface area contributed by atoms with E-state index in [-0.39, 0.29) is 17.5 Å². The minimum absolute atomic E-state index is 0.108. The molecule has 0 aliphatic carbocycles. The fourth-order valence-electron chi connectivity index (χ4n) is 4.59. The van der Waals surface area contributed by atoms with Crippen LogP contribution < -0.4 is 24.3 Å². The van der Waals surface area contributed by atoms with Crippen molar-refractivity contribution in [3.8, 4) is 5.75 Å². The van der Waals surface area contributed by atoms with Crippen molar-refractivity contribution < 1.29 is 13.5 Å². The molecule has 9 heteroatoms. The molecule has 6 nitrogen and oxygen atoms in total. The van der Waals surface area contributed by atoms with Gasteiger partial charge in [0.05, 0.1) is 0 Å². The topological polar surface area (TPSA) is 79.9 Å². The Kier molecular flexibility index (Phi) is 6.93. The van der Waals surface area contributed by atoms with Crippen LogP contribution in [0.3, 0.4) is 0 Å². The number of H-pyrrole nitrogens is 1. The molecule has 5 rings (SSSR count). The van der Waals surface area contributed by atoms with Gasteiger partial charge < -0.3 is 0 Å². The number of aromatic nitrogens is 3. The first-order valence-electron chi connectivity index (χ1n) is 11.5. The zero-order chi connectivity index (χ0) is 24.4. The van der Waals surface area contributed by atoms with E-state index in [9.17, 15) is 13.6 Å². The SMILES string of the molecule is COc1cc(C2CCNCC2)ccc1[AsH]c1cc(Cc2cc(F)ccc2F)nc2cn[nH]c(=O)c12. The Labute approximate surface area is 207 Å². The second kappa shape index (κ2) is 10.3. The van der Waals surface area contributed by atoms with Gasteiger partial charge in [-0.25, -0.2) is 0 Å². The van der Waals surface area contributed by atoms with Gasteiger partial charge in [-0.1, -0.05) is 0 Å². The van der Waals surface area contributed by atoms with E-state index in [0.717, 1.165) is 52.5 Å². The summed E-state index contributed by atoms with van der Waals surface area (Å²) in [6.07, 6.45) is 3.79. The Morgan fingerprint density at radius 1 is 1.09 bits per heavy atom. The monoisotopic (exact) mass is 538 g/mol. The van der Waals surface area contributed by atoms with E-state index in [1.165, 1.54) is 17.8 Å². The number of benzene rings is 2. The molecule has 1 aliphatic heterocycles. The minimum atomic E-state index is -1.02. The number of nitrogens with one attached hydrogen (secondary N) is 2. The van der Waals surface area contributed by atoms with Crippen molar-refractivity contribution in [2.45, 2.75) is 25.2 Å². The maximum absolute atomic E-state index is 14.3. The molecule has 180 valence electrons. The summed E-state index contributed by atoms with van der Waals surface area (Å²) < 4.78 is 35.7. The summed E-state index contributed by atoms with van der Waals surface area (Å²) in [5.41, 5.74) is 2.15. The van der Waals surface area contributed by atoms with Crippen LogP contribution in [0.15, 0.2) is 53.5 Å².